The number of non-ortho nitro benzene ring substituents is 1. The van der Waals surface area contributed by atoms with Crippen LogP contribution in [0.5, 0.6) is 5.75 Å². The molecule has 8 heteroatoms. The Balaban J connectivity index is 3.05. The highest BCUT2D eigenvalue weighted by molar-refractivity contribution is 6.18. The topological polar surface area (TPSA) is 81.9 Å². The first kappa shape index (κ1) is 17.2. The second-order valence-electron chi connectivity index (χ2n) is 4.12. The molecule has 0 heterocycles. The zero-order chi connectivity index (χ0) is 15.8. The summed E-state index contributed by atoms with van der Waals surface area (Å²) in [6.07, 6.45) is 0. The second-order valence-corrected chi connectivity index (χ2v) is 4.49. The van der Waals surface area contributed by atoms with E-state index in [1.54, 1.807) is 0 Å². The Kier molecular flexibility index (Phi) is 6.90. The van der Waals surface area contributed by atoms with E-state index in [0.29, 0.717) is 19.7 Å². The van der Waals surface area contributed by atoms with Crippen molar-refractivity contribution in [2.24, 2.45) is 0 Å². The van der Waals surface area contributed by atoms with Crippen molar-refractivity contribution in [3.63, 3.8) is 0 Å². The fourth-order valence-electron chi connectivity index (χ4n) is 1.76. The largest absolute Gasteiger partial charge is 0.496 e. The molecule has 0 saturated carbocycles. The van der Waals surface area contributed by atoms with Gasteiger partial charge in [-0.3, -0.25) is 14.9 Å². The van der Waals surface area contributed by atoms with E-state index < -0.39 is 4.92 Å². The molecule has 7 nitrogen and oxygen atoms in total. The maximum absolute atomic E-state index is 12.5. The van der Waals surface area contributed by atoms with E-state index in [1.807, 2.05) is 0 Å². The van der Waals surface area contributed by atoms with Crippen molar-refractivity contribution in [3.05, 3.63) is 33.9 Å². The van der Waals surface area contributed by atoms with Gasteiger partial charge in [-0.2, -0.15) is 0 Å². The summed E-state index contributed by atoms with van der Waals surface area (Å²) in [4.78, 5) is 24.2. The molecule has 21 heavy (non-hydrogen) atoms. The first-order valence-electron chi connectivity index (χ1n) is 6.21. The highest BCUT2D eigenvalue weighted by atomic mass is 35.5. The van der Waals surface area contributed by atoms with Crippen LogP contribution in [0.1, 0.15) is 10.4 Å². The number of carbonyl (C=O) groups excluding carboxylic acids is 1. The van der Waals surface area contributed by atoms with E-state index >= 15 is 0 Å². The number of nitro benzene ring substituents is 1. The van der Waals surface area contributed by atoms with Crippen LogP contribution < -0.4 is 4.74 Å². The lowest BCUT2D eigenvalue weighted by Gasteiger charge is -2.22. The maximum Gasteiger partial charge on any atom is 0.273 e. The third-order valence-electron chi connectivity index (χ3n) is 2.83. The van der Waals surface area contributed by atoms with Gasteiger partial charge in [-0.25, -0.2) is 0 Å². The molecule has 0 fully saturated rings. The van der Waals surface area contributed by atoms with Crippen LogP contribution in [0.3, 0.4) is 0 Å². The zero-order valence-corrected chi connectivity index (χ0v) is 12.6. The number of methoxy groups -OCH3 is 2. The number of hydrogen-bond acceptors (Lipinski definition) is 5. The molecular weight excluding hydrogens is 300 g/mol. The van der Waals surface area contributed by atoms with Gasteiger partial charge in [-0.1, -0.05) is 0 Å². The highest BCUT2D eigenvalue weighted by Gasteiger charge is 2.21. The number of ether oxygens (including phenoxy) is 2. The van der Waals surface area contributed by atoms with Gasteiger partial charge in [0.05, 0.1) is 30.3 Å². The number of alkyl halides is 1. The van der Waals surface area contributed by atoms with E-state index in [-0.39, 0.29) is 28.8 Å². The van der Waals surface area contributed by atoms with Crippen LogP contribution >= 0.6 is 11.6 Å². The molecule has 1 aromatic rings. The Morgan fingerprint density at radius 3 is 2.62 bits per heavy atom. The van der Waals surface area contributed by atoms with E-state index in [0.717, 1.165) is 0 Å². The molecule has 0 N–H and O–H groups in total. The molecule has 0 radical (unpaired) electrons. The number of rotatable bonds is 8. The number of hydrogen-bond donors (Lipinski definition) is 0. The van der Waals surface area contributed by atoms with E-state index in [1.165, 1.54) is 37.3 Å². The normalized spacial score (nSPS) is 10.2. The monoisotopic (exact) mass is 316 g/mol. The van der Waals surface area contributed by atoms with Crippen molar-refractivity contribution < 1.29 is 19.2 Å². The van der Waals surface area contributed by atoms with Crippen molar-refractivity contribution in [2.75, 3.05) is 39.8 Å². The molecule has 0 aromatic heterocycles. The quantitative estimate of drug-likeness (QED) is 0.416. The van der Waals surface area contributed by atoms with Crippen LogP contribution in [0.2, 0.25) is 0 Å². The third-order valence-corrected chi connectivity index (χ3v) is 3.00. The Bertz CT molecular complexity index is 509. The Morgan fingerprint density at radius 2 is 2.10 bits per heavy atom. The van der Waals surface area contributed by atoms with Crippen molar-refractivity contribution in [3.8, 4) is 5.75 Å². The summed E-state index contributed by atoms with van der Waals surface area (Å²) in [7, 11) is 2.90. The summed E-state index contributed by atoms with van der Waals surface area (Å²) in [5.41, 5.74) is 0.119. The Hall–Kier alpha value is -1.86. The van der Waals surface area contributed by atoms with Crippen LogP contribution in [-0.2, 0) is 4.74 Å². The van der Waals surface area contributed by atoms with Crippen molar-refractivity contribution in [1.29, 1.82) is 0 Å². The number of carbonyl (C=O) groups is 1. The lowest BCUT2D eigenvalue weighted by atomic mass is 10.1. The fourth-order valence-corrected chi connectivity index (χ4v) is 1.96. The van der Waals surface area contributed by atoms with Gasteiger partial charge in [0.25, 0.3) is 11.6 Å². The van der Waals surface area contributed by atoms with Gasteiger partial charge in [0.1, 0.15) is 5.75 Å². The summed E-state index contributed by atoms with van der Waals surface area (Å²) >= 11 is 5.69. The smallest absolute Gasteiger partial charge is 0.273 e. The summed E-state index contributed by atoms with van der Waals surface area (Å²) in [5.74, 6) is 0.135. The minimum Gasteiger partial charge on any atom is -0.496 e. The van der Waals surface area contributed by atoms with E-state index in [2.05, 4.69) is 0 Å². The lowest BCUT2D eigenvalue weighted by Crippen LogP contribution is -2.35. The third kappa shape index (κ3) is 4.57. The molecule has 0 bridgehead atoms. The zero-order valence-electron chi connectivity index (χ0n) is 11.9. The van der Waals surface area contributed by atoms with Crippen LogP contribution in [-0.4, -0.2) is 55.5 Å². The molecule has 0 aliphatic carbocycles. The highest BCUT2D eigenvalue weighted by Crippen LogP contribution is 2.25. The first-order chi connectivity index (χ1) is 10.0. The van der Waals surface area contributed by atoms with Gasteiger partial charge in [-0.05, 0) is 6.07 Å². The SMILES string of the molecule is COCCN(CCCl)C(=O)c1ccc([N+](=O)[O-])cc1OC. The van der Waals surface area contributed by atoms with Crippen molar-refractivity contribution in [1.82, 2.24) is 4.90 Å². The summed E-state index contributed by atoms with van der Waals surface area (Å²) in [6, 6.07) is 3.88. The van der Waals surface area contributed by atoms with Crippen molar-refractivity contribution >= 4 is 23.2 Å². The minimum absolute atomic E-state index is 0.135. The van der Waals surface area contributed by atoms with Gasteiger partial charge in [0.15, 0.2) is 0 Å². The molecule has 116 valence electrons. The molecule has 1 aromatic carbocycles. The maximum atomic E-state index is 12.5. The molecule has 0 spiro atoms. The van der Waals surface area contributed by atoms with Crippen LogP contribution in [0.15, 0.2) is 18.2 Å². The van der Waals surface area contributed by atoms with Crippen molar-refractivity contribution in [2.45, 2.75) is 0 Å². The number of nitro groups is 1. The van der Waals surface area contributed by atoms with Gasteiger partial charge >= 0.3 is 0 Å². The average molecular weight is 317 g/mol. The summed E-state index contributed by atoms with van der Waals surface area (Å²) in [5, 5.41) is 10.7. The minimum atomic E-state index is -0.543. The molecule has 1 amide bonds. The number of benzene rings is 1. The van der Waals surface area contributed by atoms with Crippen LogP contribution in [0.4, 0.5) is 5.69 Å². The Labute approximate surface area is 127 Å². The van der Waals surface area contributed by atoms with Gasteiger partial charge in [-0.15, -0.1) is 11.6 Å². The molecular formula is C13H17ClN2O5. The lowest BCUT2D eigenvalue weighted by molar-refractivity contribution is -0.384. The number of nitrogens with zero attached hydrogens (tertiary/aromatic N) is 2. The van der Waals surface area contributed by atoms with E-state index in [9.17, 15) is 14.9 Å². The number of halogens is 1. The fraction of sp³-hybridized carbons (Fsp3) is 0.462. The molecule has 0 unspecified atom stereocenters. The van der Waals surface area contributed by atoms with Gasteiger partial charge in [0.2, 0.25) is 0 Å². The van der Waals surface area contributed by atoms with Gasteiger partial charge in [0, 0.05) is 32.1 Å². The molecule has 0 atom stereocenters. The first-order valence-corrected chi connectivity index (χ1v) is 6.75. The van der Waals surface area contributed by atoms with Crippen LogP contribution in [0.25, 0.3) is 0 Å². The molecule has 0 aliphatic rings. The molecule has 1 rings (SSSR count). The Morgan fingerprint density at radius 1 is 1.38 bits per heavy atom. The standard InChI is InChI=1S/C13H17ClN2O5/c1-20-8-7-15(6-5-14)13(17)11-4-3-10(16(18)19)9-12(11)21-2/h3-4,9H,5-8H2,1-2H3. The predicted octanol–water partition coefficient (Wildman–Crippen LogP) is 1.93. The summed E-state index contributed by atoms with van der Waals surface area (Å²) < 4.78 is 10.0. The van der Waals surface area contributed by atoms with Crippen LogP contribution in [0, 0.1) is 10.1 Å². The van der Waals surface area contributed by atoms with E-state index in [4.69, 9.17) is 21.1 Å². The molecule has 0 saturated heterocycles. The second kappa shape index (κ2) is 8.43. The number of amides is 1. The predicted molar refractivity (Wildman–Crippen MR) is 78.1 cm³/mol. The molecule has 0 aliphatic heterocycles. The van der Waals surface area contributed by atoms with Gasteiger partial charge < -0.3 is 14.4 Å². The summed E-state index contributed by atoms with van der Waals surface area (Å²) in [6.45, 7) is 1.10. The average Bonchev–Trinajstić information content (AvgIpc) is 2.49.